The first-order valence-electron chi connectivity index (χ1n) is 6.91. The number of piperazine rings is 1. The maximum Gasteiger partial charge on any atom is 0.244 e. The quantitative estimate of drug-likeness (QED) is 0.754. The van der Waals surface area contributed by atoms with Crippen molar-refractivity contribution in [1.29, 1.82) is 0 Å². The van der Waals surface area contributed by atoms with Gasteiger partial charge in [-0.05, 0) is 26.1 Å². The normalized spacial score (nSPS) is 19.0. The lowest BCUT2D eigenvalue weighted by atomic mass is 10.4. The summed E-state index contributed by atoms with van der Waals surface area (Å²) in [5.41, 5.74) is 5.20. The Balaban J connectivity index is 2.10. The molecule has 2 N–H and O–H groups in total. The number of nitrogens with zero attached hydrogens (tertiary/aromatic N) is 3. The van der Waals surface area contributed by atoms with E-state index in [1.165, 1.54) is 28.3 Å². The molecule has 2 rings (SSSR count). The second-order valence-electron chi connectivity index (χ2n) is 5.20. The molecule has 1 aliphatic rings. The third-order valence-electron chi connectivity index (χ3n) is 3.51. The topological polar surface area (TPSA) is 96.6 Å². The number of rotatable bonds is 5. The van der Waals surface area contributed by atoms with Gasteiger partial charge in [-0.2, -0.15) is 4.31 Å². The first kappa shape index (κ1) is 17.2. The summed E-state index contributed by atoms with van der Waals surface area (Å²) in [5.74, 6) is -0.430. The van der Waals surface area contributed by atoms with Gasteiger partial charge in [-0.3, -0.25) is 4.79 Å². The lowest BCUT2D eigenvalue weighted by molar-refractivity contribution is -0.117. The van der Waals surface area contributed by atoms with E-state index in [9.17, 15) is 13.2 Å². The highest BCUT2D eigenvalue weighted by molar-refractivity contribution is 8.00. The summed E-state index contributed by atoms with van der Waals surface area (Å²) in [5, 5.41) is 0.163. The van der Waals surface area contributed by atoms with E-state index >= 15 is 0 Å². The molecule has 1 amide bonds. The highest BCUT2D eigenvalue weighted by atomic mass is 32.2. The lowest BCUT2D eigenvalue weighted by Gasteiger charge is -2.31. The Bertz CT molecular complexity index is 625. The van der Waals surface area contributed by atoms with E-state index in [-0.39, 0.29) is 4.90 Å². The average molecular weight is 344 g/mol. The van der Waals surface area contributed by atoms with Crippen LogP contribution >= 0.6 is 11.8 Å². The predicted octanol–water partition coefficient (Wildman–Crippen LogP) is -0.0164. The molecule has 1 aliphatic heterocycles. The average Bonchev–Trinajstić information content (AvgIpc) is 2.48. The molecule has 9 heteroatoms. The van der Waals surface area contributed by atoms with Crippen molar-refractivity contribution in [1.82, 2.24) is 14.2 Å². The summed E-state index contributed by atoms with van der Waals surface area (Å²) >= 11 is 1.21. The molecule has 0 bridgehead atoms. The molecule has 0 spiro atoms. The Morgan fingerprint density at radius 1 is 1.32 bits per heavy atom. The maximum atomic E-state index is 12.5. The van der Waals surface area contributed by atoms with Crippen LogP contribution in [0.3, 0.4) is 0 Å². The van der Waals surface area contributed by atoms with Crippen molar-refractivity contribution in [2.45, 2.75) is 22.1 Å². The molecule has 1 unspecified atom stereocenters. The Labute approximate surface area is 134 Å². The predicted molar refractivity (Wildman–Crippen MR) is 85.0 cm³/mol. The molecule has 1 aromatic rings. The van der Waals surface area contributed by atoms with Crippen LogP contribution in [-0.2, 0) is 14.8 Å². The number of likely N-dealkylation sites (N-methyl/N-ethyl adjacent to an activating group) is 1. The van der Waals surface area contributed by atoms with Gasteiger partial charge in [-0.15, -0.1) is 0 Å². The Morgan fingerprint density at radius 3 is 2.45 bits per heavy atom. The molecule has 0 saturated carbocycles. The number of nitrogens with two attached hydrogens (primary N) is 1. The highest BCUT2D eigenvalue weighted by Crippen LogP contribution is 2.23. The minimum atomic E-state index is -3.50. The molecule has 0 aliphatic carbocycles. The molecule has 1 aromatic heterocycles. The summed E-state index contributed by atoms with van der Waals surface area (Å²) in [7, 11) is -1.53. The van der Waals surface area contributed by atoms with E-state index < -0.39 is 21.2 Å². The number of primary amides is 1. The van der Waals surface area contributed by atoms with Crippen LogP contribution in [0, 0.1) is 0 Å². The van der Waals surface area contributed by atoms with Crippen molar-refractivity contribution in [3.8, 4) is 0 Å². The molecular weight excluding hydrogens is 324 g/mol. The van der Waals surface area contributed by atoms with E-state index in [4.69, 9.17) is 5.73 Å². The molecule has 1 saturated heterocycles. The number of hydrogen-bond acceptors (Lipinski definition) is 6. The number of thioether (sulfide) groups is 1. The van der Waals surface area contributed by atoms with Crippen LogP contribution in [0.15, 0.2) is 28.3 Å². The van der Waals surface area contributed by atoms with Crippen LogP contribution < -0.4 is 5.73 Å². The van der Waals surface area contributed by atoms with Crippen molar-refractivity contribution in [2.75, 3.05) is 33.2 Å². The third kappa shape index (κ3) is 3.97. The highest BCUT2D eigenvalue weighted by Gasteiger charge is 2.27. The van der Waals surface area contributed by atoms with Gasteiger partial charge >= 0.3 is 0 Å². The molecule has 1 fully saturated rings. The standard InChI is InChI=1S/C13H20N4O3S2/c1-10(13(14)18)21-12-4-3-11(9-15-12)22(19,20)17-7-5-16(2)6-8-17/h3-4,9-10H,5-8H2,1-2H3,(H2,14,18). The van der Waals surface area contributed by atoms with Crippen LogP contribution in [0.1, 0.15) is 6.92 Å². The van der Waals surface area contributed by atoms with Crippen molar-refractivity contribution < 1.29 is 13.2 Å². The summed E-state index contributed by atoms with van der Waals surface area (Å²) < 4.78 is 26.5. The number of sulfonamides is 1. The zero-order chi connectivity index (χ0) is 16.3. The minimum absolute atomic E-state index is 0.174. The zero-order valence-corrected chi connectivity index (χ0v) is 14.2. The van der Waals surface area contributed by atoms with Crippen molar-refractivity contribution in [2.24, 2.45) is 5.73 Å². The van der Waals surface area contributed by atoms with Gasteiger partial charge in [0.1, 0.15) is 4.90 Å². The van der Waals surface area contributed by atoms with E-state index in [0.29, 0.717) is 18.1 Å². The SMILES string of the molecule is CC(Sc1ccc(S(=O)(=O)N2CCN(C)CC2)cn1)C(N)=O. The van der Waals surface area contributed by atoms with Crippen LogP contribution in [-0.4, -0.2) is 67.0 Å². The van der Waals surface area contributed by atoms with Crippen molar-refractivity contribution >= 4 is 27.7 Å². The van der Waals surface area contributed by atoms with Gasteiger partial charge in [0.2, 0.25) is 15.9 Å². The number of amides is 1. The summed E-state index contributed by atoms with van der Waals surface area (Å²) in [6.07, 6.45) is 1.34. The molecule has 7 nitrogen and oxygen atoms in total. The number of carbonyl (C=O) groups is 1. The fourth-order valence-corrected chi connectivity index (χ4v) is 4.11. The zero-order valence-electron chi connectivity index (χ0n) is 12.6. The smallest absolute Gasteiger partial charge is 0.244 e. The van der Waals surface area contributed by atoms with Gasteiger partial charge < -0.3 is 10.6 Å². The van der Waals surface area contributed by atoms with E-state index in [1.54, 1.807) is 13.0 Å². The van der Waals surface area contributed by atoms with Crippen LogP contribution in [0.25, 0.3) is 0 Å². The van der Waals surface area contributed by atoms with E-state index in [2.05, 4.69) is 9.88 Å². The van der Waals surface area contributed by atoms with Crippen molar-refractivity contribution in [3.05, 3.63) is 18.3 Å². The Kier molecular flexibility index (Phi) is 5.43. The van der Waals surface area contributed by atoms with Crippen molar-refractivity contribution in [3.63, 3.8) is 0 Å². The number of hydrogen-bond donors (Lipinski definition) is 1. The van der Waals surface area contributed by atoms with Crippen LogP contribution in [0.5, 0.6) is 0 Å². The molecule has 122 valence electrons. The Hall–Kier alpha value is -1.16. The monoisotopic (exact) mass is 344 g/mol. The molecule has 1 atom stereocenters. The van der Waals surface area contributed by atoms with Crippen LogP contribution in [0.2, 0.25) is 0 Å². The van der Waals surface area contributed by atoms with Gasteiger partial charge in [-0.25, -0.2) is 13.4 Å². The van der Waals surface area contributed by atoms with E-state index in [1.807, 2.05) is 7.05 Å². The molecule has 22 heavy (non-hydrogen) atoms. The first-order chi connectivity index (χ1) is 10.3. The molecule has 0 radical (unpaired) electrons. The lowest BCUT2D eigenvalue weighted by Crippen LogP contribution is -2.47. The summed E-state index contributed by atoms with van der Waals surface area (Å²) in [6, 6.07) is 3.13. The van der Waals surface area contributed by atoms with Gasteiger partial charge in [-0.1, -0.05) is 11.8 Å². The number of pyridine rings is 1. The molecular formula is C13H20N4O3S2. The van der Waals surface area contributed by atoms with Gasteiger partial charge in [0.25, 0.3) is 0 Å². The van der Waals surface area contributed by atoms with Crippen LogP contribution in [0.4, 0.5) is 0 Å². The summed E-state index contributed by atoms with van der Waals surface area (Å²) in [6.45, 7) is 4.08. The second-order valence-corrected chi connectivity index (χ2v) is 8.50. The molecule has 0 aromatic carbocycles. The van der Waals surface area contributed by atoms with Gasteiger partial charge in [0.05, 0.1) is 10.3 Å². The number of carbonyl (C=O) groups excluding carboxylic acids is 1. The Morgan fingerprint density at radius 2 is 1.95 bits per heavy atom. The molecule has 2 heterocycles. The van der Waals surface area contributed by atoms with Gasteiger partial charge in [0.15, 0.2) is 0 Å². The fraction of sp³-hybridized carbons (Fsp3) is 0.538. The first-order valence-corrected chi connectivity index (χ1v) is 9.23. The maximum absolute atomic E-state index is 12.5. The fourth-order valence-electron chi connectivity index (χ4n) is 2.01. The largest absolute Gasteiger partial charge is 0.369 e. The third-order valence-corrected chi connectivity index (χ3v) is 6.46. The second kappa shape index (κ2) is 6.95. The number of aromatic nitrogens is 1. The minimum Gasteiger partial charge on any atom is -0.369 e. The summed E-state index contributed by atoms with van der Waals surface area (Å²) in [4.78, 5) is 17.4. The van der Waals surface area contributed by atoms with Gasteiger partial charge in [0, 0.05) is 32.4 Å². The van der Waals surface area contributed by atoms with E-state index in [0.717, 1.165) is 13.1 Å².